The standard InChI is InChI=1S/C19H19N3O4S/c23-18(22-10-1-4-15(22)17-5-2-11-27-17)13-25-19(24)16-7-6-14(26-16)12-21-9-3-8-20-21/h2-3,5-9,11,15H,1,4,10,12-13H2. The number of carbonyl (C=O) groups excluding carboxylic acids is 2. The van der Waals surface area contributed by atoms with E-state index in [0.717, 1.165) is 12.8 Å². The summed E-state index contributed by atoms with van der Waals surface area (Å²) in [5, 5.41) is 6.10. The van der Waals surface area contributed by atoms with Crippen LogP contribution in [0.15, 0.2) is 52.5 Å². The van der Waals surface area contributed by atoms with Crippen LogP contribution in [0.1, 0.15) is 40.1 Å². The second kappa shape index (κ2) is 7.79. The van der Waals surface area contributed by atoms with E-state index in [4.69, 9.17) is 9.15 Å². The fourth-order valence-electron chi connectivity index (χ4n) is 3.25. The summed E-state index contributed by atoms with van der Waals surface area (Å²) in [5.74, 6) is -0.139. The zero-order valence-electron chi connectivity index (χ0n) is 14.6. The van der Waals surface area contributed by atoms with Gasteiger partial charge in [0.2, 0.25) is 5.76 Å². The average molecular weight is 385 g/mol. The Morgan fingerprint density at radius 1 is 1.30 bits per heavy atom. The van der Waals surface area contributed by atoms with E-state index in [9.17, 15) is 9.59 Å². The monoisotopic (exact) mass is 385 g/mol. The van der Waals surface area contributed by atoms with Crippen LogP contribution >= 0.6 is 11.3 Å². The zero-order valence-corrected chi connectivity index (χ0v) is 15.4. The van der Waals surface area contributed by atoms with Gasteiger partial charge in [-0.05, 0) is 42.5 Å². The summed E-state index contributed by atoms with van der Waals surface area (Å²) in [6.45, 7) is 0.832. The second-order valence-corrected chi connectivity index (χ2v) is 7.29. The van der Waals surface area contributed by atoms with Gasteiger partial charge in [0.1, 0.15) is 5.76 Å². The van der Waals surface area contributed by atoms with Crippen LogP contribution in [0.5, 0.6) is 0 Å². The molecule has 0 aromatic carbocycles. The Hall–Kier alpha value is -2.87. The van der Waals surface area contributed by atoms with Crippen LogP contribution in [-0.2, 0) is 16.1 Å². The molecule has 140 valence electrons. The van der Waals surface area contributed by atoms with Crippen LogP contribution in [-0.4, -0.2) is 39.7 Å². The lowest BCUT2D eigenvalue weighted by Gasteiger charge is -2.23. The fraction of sp³-hybridized carbons (Fsp3) is 0.316. The summed E-state index contributed by atoms with van der Waals surface area (Å²) in [6.07, 6.45) is 5.37. The van der Waals surface area contributed by atoms with E-state index in [-0.39, 0.29) is 24.3 Å². The molecule has 1 aliphatic heterocycles. The van der Waals surface area contributed by atoms with E-state index in [1.54, 1.807) is 45.4 Å². The third-order valence-corrected chi connectivity index (χ3v) is 5.48. The van der Waals surface area contributed by atoms with Crippen LogP contribution in [0.25, 0.3) is 0 Å². The molecule has 7 nitrogen and oxygen atoms in total. The lowest BCUT2D eigenvalue weighted by molar-refractivity contribution is -0.135. The van der Waals surface area contributed by atoms with Crippen molar-refractivity contribution in [3.05, 3.63) is 64.5 Å². The summed E-state index contributed by atoms with van der Waals surface area (Å²) in [6, 6.07) is 9.17. The maximum absolute atomic E-state index is 12.5. The Morgan fingerprint density at radius 2 is 2.22 bits per heavy atom. The SMILES string of the molecule is O=C(OCC(=O)N1CCCC1c1cccs1)c1ccc(Cn2cccn2)o1. The minimum absolute atomic E-state index is 0.0838. The van der Waals surface area contributed by atoms with Gasteiger partial charge in [-0.1, -0.05) is 6.07 Å². The van der Waals surface area contributed by atoms with E-state index in [1.807, 2.05) is 23.6 Å². The molecule has 1 unspecified atom stereocenters. The predicted molar refractivity (Wildman–Crippen MR) is 98.3 cm³/mol. The van der Waals surface area contributed by atoms with Crippen LogP contribution in [0.3, 0.4) is 0 Å². The van der Waals surface area contributed by atoms with Crippen molar-refractivity contribution in [2.75, 3.05) is 13.2 Å². The molecule has 1 atom stereocenters. The predicted octanol–water partition coefficient (Wildman–Crippen LogP) is 3.11. The molecule has 4 rings (SSSR count). The maximum Gasteiger partial charge on any atom is 0.374 e. The first kappa shape index (κ1) is 17.5. The van der Waals surface area contributed by atoms with E-state index in [0.29, 0.717) is 18.8 Å². The lowest BCUT2D eigenvalue weighted by atomic mass is 10.2. The third kappa shape index (κ3) is 3.95. The molecule has 0 saturated carbocycles. The van der Waals surface area contributed by atoms with Crippen LogP contribution in [0.4, 0.5) is 0 Å². The Morgan fingerprint density at radius 3 is 3.00 bits per heavy atom. The van der Waals surface area contributed by atoms with E-state index >= 15 is 0 Å². The van der Waals surface area contributed by atoms with Crippen molar-refractivity contribution in [3.8, 4) is 0 Å². The molecule has 0 N–H and O–H groups in total. The number of thiophene rings is 1. The molecular formula is C19H19N3O4S. The van der Waals surface area contributed by atoms with Gasteiger partial charge in [-0.15, -0.1) is 11.3 Å². The van der Waals surface area contributed by atoms with Crippen molar-refractivity contribution in [1.82, 2.24) is 14.7 Å². The molecule has 4 heterocycles. The Kier molecular flexibility index (Phi) is 5.06. The molecule has 0 aliphatic carbocycles. The number of hydrogen-bond acceptors (Lipinski definition) is 6. The first-order chi connectivity index (χ1) is 13.2. The first-order valence-corrected chi connectivity index (χ1v) is 9.65. The highest BCUT2D eigenvalue weighted by Gasteiger charge is 2.31. The topological polar surface area (TPSA) is 77.6 Å². The molecule has 0 radical (unpaired) electrons. The summed E-state index contributed by atoms with van der Waals surface area (Å²) in [7, 11) is 0. The number of rotatable bonds is 6. The van der Waals surface area contributed by atoms with Gasteiger partial charge in [-0.2, -0.15) is 5.10 Å². The van der Waals surface area contributed by atoms with Crippen molar-refractivity contribution < 1.29 is 18.7 Å². The third-order valence-electron chi connectivity index (χ3n) is 4.51. The molecule has 1 amide bonds. The highest BCUT2D eigenvalue weighted by molar-refractivity contribution is 7.10. The number of furan rings is 1. The molecule has 0 spiro atoms. The van der Waals surface area contributed by atoms with Gasteiger partial charge in [0.05, 0.1) is 12.6 Å². The minimum atomic E-state index is -0.637. The Labute approximate surface area is 160 Å². The van der Waals surface area contributed by atoms with Gasteiger partial charge in [-0.3, -0.25) is 9.48 Å². The molecule has 1 fully saturated rings. The quantitative estimate of drug-likeness (QED) is 0.609. The molecule has 27 heavy (non-hydrogen) atoms. The number of aromatic nitrogens is 2. The molecule has 1 saturated heterocycles. The highest BCUT2D eigenvalue weighted by Crippen LogP contribution is 2.34. The Bertz CT molecular complexity index is 901. The second-order valence-electron chi connectivity index (χ2n) is 6.31. The van der Waals surface area contributed by atoms with Gasteiger partial charge < -0.3 is 14.1 Å². The molecule has 3 aromatic rings. The van der Waals surface area contributed by atoms with Gasteiger partial charge in [0.25, 0.3) is 5.91 Å². The van der Waals surface area contributed by atoms with Crippen molar-refractivity contribution in [3.63, 3.8) is 0 Å². The van der Waals surface area contributed by atoms with Gasteiger partial charge >= 0.3 is 5.97 Å². The van der Waals surface area contributed by atoms with Crippen molar-refractivity contribution in [2.45, 2.75) is 25.4 Å². The normalized spacial score (nSPS) is 16.6. The van der Waals surface area contributed by atoms with Crippen molar-refractivity contribution in [2.24, 2.45) is 0 Å². The van der Waals surface area contributed by atoms with Gasteiger partial charge in [-0.25, -0.2) is 4.79 Å². The van der Waals surface area contributed by atoms with Gasteiger partial charge in [0.15, 0.2) is 6.61 Å². The fourth-order valence-corrected chi connectivity index (χ4v) is 4.12. The summed E-state index contributed by atoms with van der Waals surface area (Å²) >= 11 is 1.64. The maximum atomic E-state index is 12.5. The molecule has 0 bridgehead atoms. The summed E-state index contributed by atoms with van der Waals surface area (Å²) < 4.78 is 12.4. The summed E-state index contributed by atoms with van der Waals surface area (Å²) in [4.78, 5) is 27.7. The minimum Gasteiger partial charge on any atom is -0.452 e. The number of nitrogens with zero attached hydrogens (tertiary/aromatic N) is 3. The van der Waals surface area contributed by atoms with Crippen molar-refractivity contribution >= 4 is 23.2 Å². The van der Waals surface area contributed by atoms with Crippen LogP contribution in [0, 0.1) is 0 Å². The smallest absolute Gasteiger partial charge is 0.374 e. The van der Waals surface area contributed by atoms with Crippen molar-refractivity contribution in [1.29, 1.82) is 0 Å². The van der Waals surface area contributed by atoms with Crippen LogP contribution in [0.2, 0.25) is 0 Å². The van der Waals surface area contributed by atoms with Crippen LogP contribution < -0.4 is 0 Å². The number of carbonyl (C=O) groups is 2. The molecule has 8 heteroatoms. The number of likely N-dealkylation sites (tertiary alicyclic amines) is 1. The lowest BCUT2D eigenvalue weighted by Crippen LogP contribution is -2.34. The number of amides is 1. The number of esters is 1. The van der Waals surface area contributed by atoms with E-state index < -0.39 is 5.97 Å². The van der Waals surface area contributed by atoms with E-state index in [1.165, 1.54) is 4.88 Å². The number of ether oxygens (including phenoxy) is 1. The number of hydrogen-bond donors (Lipinski definition) is 0. The first-order valence-electron chi connectivity index (χ1n) is 8.77. The molecule has 3 aromatic heterocycles. The highest BCUT2D eigenvalue weighted by atomic mass is 32.1. The largest absolute Gasteiger partial charge is 0.452 e. The molecular weight excluding hydrogens is 366 g/mol. The zero-order chi connectivity index (χ0) is 18.6. The average Bonchev–Trinajstić information content (AvgIpc) is 3.47. The summed E-state index contributed by atoms with van der Waals surface area (Å²) in [5.41, 5.74) is 0. The van der Waals surface area contributed by atoms with Gasteiger partial charge in [0, 0.05) is 23.8 Å². The molecule has 1 aliphatic rings. The van der Waals surface area contributed by atoms with E-state index in [2.05, 4.69) is 5.10 Å². The Balaban J connectivity index is 1.32.